The monoisotopic (exact) mass is 334 g/mol. The van der Waals surface area contributed by atoms with Crippen molar-refractivity contribution in [2.45, 2.75) is 64.9 Å². The molecule has 0 bridgehead atoms. The van der Waals surface area contributed by atoms with Crippen LogP contribution in [-0.2, 0) is 14.3 Å². The van der Waals surface area contributed by atoms with Gasteiger partial charge in [-0.1, -0.05) is 27.7 Å². The normalized spacial score (nSPS) is 15.6. The Balaban J connectivity index is 4.30. The number of hydrogen-bond acceptors (Lipinski definition) is 5. The summed E-state index contributed by atoms with van der Waals surface area (Å²) in [5, 5.41) is -0.0318. The van der Waals surface area contributed by atoms with Gasteiger partial charge in [-0.05, 0) is 24.7 Å². The molecule has 2 atom stereocenters. The van der Waals surface area contributed by atoms with Gasteiger partial charge in [0.2, 0.25) is 0 Å². The molecule has 0 aliphatic rings. The Labute approximate surface area is 140 Å². The zero-order valence-corrected chi connectivity index (χ0v) is 15.9. The van der Waals surface area contributed by atoms with Crippen LogP contribution in [0.15, 0.2) is 0 Å². The Morgan fingerprint density at radius 3 is 1.38 bits per heavy atom. The molecule has 0 amide bonds. The van der Waals surface area contributed by atoms with Crippen LogP contribution in [0.2, 0.25) is 0 Å². The van der Waals surface area contributed by atoms with Crippen molar-refractivity contribution in [3.05, 3.63) is 0 Å². The molecule has 0 spiro atoms. The molecule has 3 nitrogen and oxygen atoms in total. The summed E-state index contributed by atoms with van der Waals surface area (Å²) >= 11 is 9.12. The van der Waals surface area contributed by atoms with E-state index in [-0.39, 0.29) is 32.9 Å². The van der Waals surface area contributed by atoms with E-state index in [1.54, 1.807) is 13.8 Å². The molecular formula is C16H30O3S2. The first-order valence-electron chi connectivity index (χ1n) is 7.31. The number of hydrogen-bond donors (Lipinski definition) is 2. The van der Waals surface area contributed by atoms with E-state index in [4.69, 9.17) is 4.74 Å². The molecule has 0 heterocycles. The van der Waals surface area contributed by atoms with Crippen molar-refractivity contribution in [1.82, 2.24) is 0 Å². The molecule has 0 aromatic carbocycles. The van der Waals surface area contributed by atoms with Crippen LogP contribution in [0.4, 0.5) is 0 Å². The fourth-order valence-electron chi connectivity index (χ4n) is 2.26. The molecule has 124 valence electrons. The van der Waals surface area contributed by atoms with Crippen LogP contribution in [0.1, 0.15) is 54.4 Å². The van der Waals surface area contributed by atoms with Gasteiger partial charge in [0.15, 0.2) is 0 Å². The third-order valence-corrected chi connectivity index (χ3v) is 5.46. The summed E-state index contributed by atoms with van der Waals surface area (Å²) in [6.07, 6.45) is 0.981. The molecule has 0 aliphatic heterocycles. The highest BCUT2D eigenvalue weighted by molar-refractivity contribution is 7.81. The topological polar surface area (TPSA) is 43.4 Å². The Morgan fingerprint density at radius 1 is 0.857 bits per heavy atom. The quantitative estimate of drug-likeness (QED) is 0.600. The lowest BCUT2D eigenvalue weighted by Crippen LogP contribution is -2.34. The first kappa shape index (κ1) is 21.0. The summed E-state index contributed by atoms with van der Waals surface area (Å²) in [6.45, 7) is 12.2. The van der Waals surface area contributed by atoms with Crippen LogP contribution in [0, 0.1) is 10.8 Å². The second-order valence-corrected chi connectivity index (χ2v) is 8.55. The molecule has 0 aromatic rings. The molecule has 0 saturated carbocycles. The second-order valence-electron chi connectivity index (χ2n) is 7.30. The zero-order valence-electron chi connectivity index (χ0n) is 14.1. The molecule has 0 radical (unpaired) electrons. The van der Waals surface area contributed by atoms with Gasteiger partial charge in [-0.25, -0.2) is 0 Å². The number of Topliss-reactive ketones (excluding diaryl/α,β-unsaturated/α-hetero) is 2. The number of rotatable bonds is 10. The standard InChI is InChI=1S/C16H30O3S2/c1-11(17)7-15(3,4)13(20)9-19-10-14(21)16(5,6)8-12(2)18/h13-14,20-21H,7-10H2,1-6H3. The van der Waals surface area contributed by atoms with E-state index >= 15 is 0 Å². The Bertz CT molecular complexity index is 331. The Kier molecular flexibility index (Phi) is 8.59. The maximum Gasteiger partial charge on any atom is 0.130 e. The lowest BCUT2D eigenvalue weighted by atomic mass is 9.83. The van der Waals surface area contributed by atoms with Gasteiger partial charge in [0.25, 0.3) is 0 Å². The number of carbonyl (C=O) groups excluding carboxylic acids is 2. The van der Waals surface area contributed by atoms with Crippen LogP contribution in [0.5, 0.6) is 0 Å². The average molecular weight is 335 g/mol. The summed E-state index contributed by atoms with van der Waals surface area (Å²) in [7, 11) is 0. The highest BCUT2D eigenvalue weighted by atomic mass is 32.1. The lowest BCUT2D eigenvalue weighted by Gasteiger charge is -2.32. The van der Waals surface area contributed by atoms with Gasteiger partial charge in [0.05, 0.1) is 13.2 Å². The second kappa shape index (κ2) is 8.59. The predicted octanol–water partition coefficient (Wildman–Crippen LogP) is 3.61. The Hall–Kier alpha value is -0.0000000000000000555. The highest BCUT2D eigenvalue weighted by Gasteiger charge is 2.31. The van der Waals surface area contributed by atoms with Crippen LogP contribution >= 0.6 is 25.3 Å². The lowest BCUT2D eigenvalue weighted by molar-refractivity contribution is -0.119. The van der Waals surface area contributed by atoms with Gasteiger partial charge in [-0.3, -0.25) is 0 Å². The molecule has 0 fully saturated rings. The van der Waals surface area contributed by atoms with Crippen molar-refractivity contribution in [3.8, 4) is 0 Å². The van der Waals surface area contributed by atoms with Crippen LogP contribution in [0.3, 0.4) is 0 Å². The number of ether oxygens (including phenoxy) is 1. The van der Waals surface area contributed by atoms with Crippen molar-refractivity contribution < 1.29 is 14.3 Å². The Morgan fingerprint density at radius 2 is 1.14 bits per heavy atom. The van der Waals surface area contributed by atoms with Crippen molar-refractivity contribution in [3.63, 3.8) is 0 Å². The summed E-state index contributed by atoms with van der Waals surface area (Å²) in [5.74, 6) is 0.322. The van der Waals surface area contributed by atoms with Crippen molar-refractivity contribution in [1.29, 1.82) is 0 Å². The van der Waals surface area contributed by atoms with E-state index in [2.05, 4.69) is 25.3 Å². The molecule has 0 aromatic heterocycles. The largest absolute Gasteiger partial charge is 0.379 e. The van der Waals surface area contributed by atoms with Crippen molar-refractivity contribution >= 4 is 36.8 Å². The maximum absolute atomic E-state index is 11.3. The molecule has 5 heteroatoms. The minimum Gasteiger partial charge on any atom is -0.379 e. The molecule has 0 N–H and O–H groups in total. The molecular weight excluding hydrogens is 304 g/mol. The highest BCUT2D eigenvalue weighted by Crippen LogP contribution is 2.32. The minimum absolute atomic E-state index is 0.0159. The molecule has 0 rings (SSSR count). The fraction of sp³-hybridized carbons (Fsp3) is 0.875. The molecule has 0 aliphatic carbocycles. The van der Waals surface area contributed by atoms with Gasteiger partial charge in [-0.15, -0.1) is 0 Å². The third-order valence-electron chi connectivity index (χ3n) is 3.76. The van der Waals surface area contributed by atoms with E-state index in [0.717, 1.165) is 0 Å². The van der Waals surface area contributed by atoms with Crippen LogP contribution in [0.25, 0.3) is 0 Å². The zero-order chi connectivity index (χ0) is 16.8. The fourth-order valence-corrected chi connectivity index (χ4v) is 2.65. The average Bonchev–Trinajstić information content (AvgIpc) is 2.24. The SMILES string of the molecule is CC(=O)CC(C)(C)C(S)COCC(S)C(C)(C)CC(C)=O. The summed E-state index contributed by atoms with van der Waals surface area (Å²) in [6, 6.07) is 0. The van der Waals surface area contributed by atoms with Gasteiger partial charge < -0.3 is 14.3 Å². The van der Waals surface area contributed by atoms with Gasteiger partial charge in [-0.2, -0.15) is 25.3 Å². The van der Waals surface area contributed by atoms with E-state index in [9.17, 15) is 9.59 Å². The predicted molar refractivity (Wildman–Crippen MR) is 94.5 cm³/mol. The number of thiol groups is 2. The molecule has 0 saturated heterocycles. The summed E-state index contributed by atoms with van der Waals surface area (Å²) < 4.78 is 5.72. The first-order valence-corrected chi connectivity index (χ1v) is 8.34. The van der Waals surface area contributed by atoms with E-state index in [1.165, 1.54) is 0 Å². The van der Waals surface area contributed by atoms with Crippen molar-refractivity contribution in [2.75, 3.05) is 13.2 Å². The van der Waals surface area contributed by atoms with Crippen LogP contribution in [-0.4, -0.2) is 35.3 Å². The summed E-state index contributed by atoms with van der Waals surface area (Å²) in [4.78, 5) is 22.5. The third kappa shape index (κ3) is 8.27. The molecule has 2 unspecified atom stereocenters. The van der Waals surface area contributed by atoms with Crippen LogP contribution < -0.4 is 0 Å². The molecule has 21 heavy (non-hydrogen) atoms. The summed E-state index contributed by atoms with van der Waals surface area (Å²) in [5.41, 5.74) is -0.397. The van der Waals surface area contributed by atoms with Gasteiger partial charge in [0, 0.05) is 23.3 Å². The van der Waals surface area contributed by atoms with E-state index in [1.807, 2.05) is 27.7 Å². The van der Waals surface area contributed by atoms with Crippen molar-refractivity contribution in [2.24, 2.45) is 10.8 Å². The van der Waals surface area contributed by atoms with E-state index in [0.29, 0.717) is 26.1 Å². The smallest absolute Gasteiger partial charge is 0.130 e. The maximum atomic E-state index is 11.3. The number of ketones is 2. The van der Waals surface area contributed by atoms with Gasteiger partial charge in [0.1, 0.15) is 11.6 Å². The van der Waals surface area contributed by atoms with E-state index < -0.39 is 0 Å². The first-order chi connectivity index (χ1) is 9.38. The number of carbonyl (C=O) groups is 2. The minimum atomic E-state index is -0.198. The van der Waals surface area contributed by atoms with Gasteiger partial charge >= 0.3 is 0 Å².